The van der Waals surface area contributed by atoms with Crippen molar-refractivity contribution in [2.75, 3.05) is 0 Å². The first kappa shape index (κ1) is 28.0. The van der Waals surface area contributed by atoms with Gasteiger partial charge >= 0.3 is 0 Å². The topological polar surface area (TPSA) is 0 Å². The summed E-state index contributed by atoms with van der Waals surface area (Å²) in [6.45, 7) is 8.62. The first-order valence-electron chi connectivity index (χ1n) is 13.6. The quantitative estimate of drug-likeness (QED) is 0.143. The van der Waals surface area contributed by atoms with Gasteiger partial charge in [-0.25, -0.2) is 0 Å². The molecule has 1 unspecified atom stereocenters. The zero-order valence-electron chi connectivity index (χ0n) is 20.3. The van der Waals surface area contributed by atoms with Gasteiger partial charge in [0.05, 0.1) is 0 Å². The molecule has 28 heavy (non-hydrogen) atoms. The summed E-state index contributed by atoms with van der Waals surface area (Å²) in [5.74, 6) is 1.02. The van der Waals surface area contributed by atoms with Crippen LogP contribution in [-0.4, -0.2) is 0 Å². The highest BCUT2D eigenvalue weighted by molar-refractivity contribution is 4.61. The van der Waals surface area contributed by atoms with Crippen molar-refractivity contribution in [1.82, 2.24) is 0 Å². The van der Waals surface area contributed by atoms with Crippen molar-refractivity contribution in [3.63, 3.8) is 0 Å². The summed E-state index contributed by atoms with van der Waals surface area (Å²) in [5, 5.41) is 0. The van der Waals surface area contributed by atoms with Crippen LogP contribution in [0.2, 0.25) is 0 Å². The van der Waals surface area contributed by atoms with Crippen molar-refractivity contribution < 1.29 is 0 Å². The molecule has 0 spiro atoms. The summed E-state index contributed by atoms with van der Waals surface area (Å²) in [5.41, 5.74) is 0. The summed E-state index contributed by atoms with van der Waals surface area (Å²) >= 11 is 0. The molecule has 0 N–H and O–H groups in total. The van der Waals surface area contributed by atoms with Gasteiger partial charge in [0.15, 0.2) is 0 Å². The second-order valence-electron chi connectivity index (χ2n) is 9.45. The minimum absolute atomic E-state index is 1.02. The molecule has 0 aliphatic heterocycles. The molecule has 0 aromatic heterocycles. The standard InChI is InChI=1S/C28H57/c1-4-7-10-12-13-14-15-16-17-18-19-20-21-22-24-27-28(25-9-6-3)26-23-11-8-5-2/h28H,2,4-27H2,1,3H3. The lowest BCUT2D eigenvalue weighted by Crippen LogP contribution is -2.01. The minimum atomic E-state index is 1.02. The van der Waals surface area contributed by atoms with Crippen molar-refractivity contribution >= 4 is 0 Å². The van der Waals surface area contributed by atoms with E-state index in [2.05, 4.69) is 20.8 Å². The van der Waals surface area contributed by atoms with E-state index < -0.39 is 0 Å². The van der Waals surface area contributed by atoms with E-state index in [-0.39, 0.29) is 0 Å². The highest BCUT2D eigenvalue weighted by atomic mass is 14.1. The Bertz CT molecular complexity index is 257. The number of hydrogen-bond acceptors (Lipinski definition) is 0. The van der Waals surface area contributed by atoms with Gasteiger partial charge in [-0.2, -0.15) is 0 Å². The molecule has 0 heteroatoms. The van der Waals surface area contributed by atoms with Crippen molar-refractivity contribution in [3.8, 4) is 0 Å². The van der Waals surface area contributed by atoms with E-state index in [1.807, 2.05) is 0 Å². The normalized spacial score (nSPS) is 12.5. The van der Waals surface area contributed by atoms with Crippen LogP contribution in [0.4, 0.5) is 0 Å². The molecule has 0 aromatic rings. The summed E-state index contributed by atoms with van der Waals surface area (Å²) in [7, 11) is 0. The van der Waals surface area contributed by atoms with E-state index in [4.69, 9.17) is 0 Å². The van der Waals surface area contributed by atoms with Crippen LogP contribution >= 0.6 is 0 Å². The first-order valence-corrected chi connectivity index (χ1v) is 13.6. The Morgan fingerprint density at radius 2 is 0.714 bits per heavy atom. The zero-order chi connectivity index (χ0) is 20.5. The maximum Gasteiger partial charge on any atom is -0.0414 e. The molecule has 0 nitrogen and oxygen atoms in total. The first-order chi connectivity index (χ1) is 13.8. The highest BCUT2D eigenvalue weighted by Crippen LogP contribution is 2.23. The van der Waals surface area contributed by atoms with Crippen LogP contribution in [0.5, 0.6) is 0 Å². The van der Waals surface area contributed by atoms with Crippen molar-refractivity contribution in [2.24, 2.45) is 5.92 Å². The van der Waals surface area contributed by atoms with Gasteiger partial charge in [0.1, 0.15) is 0 Å². The van der Waals surface area contributed by atoms with Crippen LogP contribution in [0.25, 0.3) is 0 Å². The van der Waals surface area contributed by atoms with Crippen molar-refractivity contribution in [3.05, 3.63) is 6.92 Å². The fourth-order valence-electron chi connectivity index (χ4n) is 4.52. The second kappa shape index (κ2) is 25.0. The summed E-state index contributed by atoms with van der Waals surface area (Å²) in [6.07, 6.45) is 34.7. The van der Waals surface area contributed by atoms with Gasteiger partial charge in [-0.3, -0.25) is 0 Å². The minimum Gasteiger partial charge on any atom is -0.0654 e. The van der Waals surface area contributed by atoms with Crippen LogP contribution in [0.15, 0.2) is 0 Å². The van der Waals surface area contributed by atoms with Gasteiger partial charge in [0, 0.05) is 0 Å². The van der Waals surface area contributed by atoms with Gasteiger partial charge in [0.25, 0.3) is 0 Å². The lowest BCUT2D eigenvalue weighted by Gasteiger charge is -2.16. The van der Waals surface area contributed by atoms with Gasteiger partial charge in [-0.1, -0.05) is 175 Å². The molecule has 0 amide bonds. The zero-order valence-corrected chi connectivity index (χ0v) is 20.3. The molecule has 0 bridgehead atoms. The van der Waals surface area contributed by atoms with Crippen LogP contribution in [0.1, 0.15) is 168 Å². The van der Waals surface area contributed by atoms with Crippen molar-refractivity contribution in [2.45, 2.75) is 168 Å². The number of unbranched alkanes of at least 4 members (excludes halogenated alkanes) is 18. The number of rotatable bonds is 24. The second-order valence-corrected chi connectivity index (χ2v) is 9.45. The van der Waals surface area contributed by atoms with Gasteiger partial charge < -0.3 is 0 Å². The Balaban J connectivity index is 3.35. The third-order valence-electron chi connectivity index (χ3n) is 6.54. The highest BCUT2D eigenvalue weighted by Gasteiger charge is 2.08. The molecule has 0 aliphatic carbocycles. The molecule has 1 atom stereocenters. The maximum atomic E-state index is 3.97. The Hall–Kier alpha value is 0. The maximum absolute atomic E-state index is 3.97. The number of hydrogen-bond donors (Lipinski definition) is 0. The van der Waals surface area contributed by atoms with Gasteiger partial charge in [0.2, 0.25) is 0 Å². The predicted octanol–water partition coefficient (Wildman–Crippen LogP) is 10.8. The van der Waals surface area contributed by atoms with E-state index in [0.29, 0.717) is 0 Å². The van der Waals surface area contributed by atoms with E-state index in [9.17, 15) is 0 Å². The lowest BCUT2D eigenvalue weighted by atomic mass is 9.90. The third-order valence-corrected chi connectivity index (χ3v) is 6.54. The van der Waals surface area contributed by atoms with Gasteiger partial charge in [-0.05, 0) is 5.92 Å². The molecule has 0 aromatic carbocycles. The third kappa shape index (κ3) is 22.3. The van der Waals surface area contributed by atoms with E-state index >= 15 is 0 Å². The largest absolute Gasteiger partial charge is 0.0654 e. The molecule has 0 saturated carbocycles. The molecular formula is C28H57. The van der Waals surface area contributed by atoms with E-state index in [1.165, 1.54) is 148 Å². The molecular weight excluding hydrogens is 336 g/mol. The molecule has 0 aliphatic rings. The Kier molecular flexibility index (Phi) is 25.0. The average molecular weight is 394 g/mol. The molecule has 0 rings (SSSR count). The Labute approximate surface area is 181 Å². The lowest BCUT2D eigenvalue weighted by molar-refractivity contribution is 0.372. The smallest absolute Gasteiger partial charge is 0.0414 e. The molecule has 0 heterocycles. The van der Waals surface area contributed by atoms with Crippen LogP contribution in [-0.2, 0) is 0 Å². The fourth-order valence-corrected chi connectivity index (χ4v) is 4.52. The van der Waals surface area contributed by atoms with Gasteiger partial charge in [-0.15, -0.1) is 0 Å². The Morgan fingerprint density at radius 3 is 1.11 bits per heavy atom. The van der Waals surface area contributed by atoms with Crippen LogP contribution in [0, 0.1) is 12.8 Å². The van der Waals surface area contributed by atoms with E-state index in [1.54, 1.807) is 0 Å². The SMILES string of the molecule is [CH2]CCCCCC(CCCC)CCCCCCCCCCCCCCCCC. The molecule has 169 valence electrons. The monoisotopic (exact) mass is 393 g/mol. The van der Waals surface area contributed by atoms with E-state index in [0.717, 1.165) is 12.3 Å². The summed E-state index contributed by atoms with van der Waals surface area (Å²) in [6, 6.07) is 0. The molecule has 1 radical (unpaired) electrons. The average Bonchev–Trinajstić information content (AvgIpc) is 2.71. The predicted molar refractivity (Wildman–Crippen MR) is 131 cm³/mol. The van der Waals surface area contributed by atoms with Crippen LogP contribution in [0.3, 0.4) is 0 Å². The fraction of sp³-hybridized carbons (Fsp3) is 0.964. The van der Waals surface area contributed by atoms with Crippen LogP contribution < -0.4 is 0 Å². The van der Waals surface area contributed by atoms with Crippen molar-refractivity contribution in [1.29, 1.82) is 0 Å². The summed E-state index contributed by atoms with van der Waals surface area (Å²) in [4.78, 5) is 0. The summed E-state index contributed by atoms with van der Waals surface area (Å²) < 4.78 is 0. The molecule has 0 fully saturated rings. The molecule has 0 saturated heterocycles. The Morgan fingerprint density at radius 1 is 0.393 bits per heavy atom.